The topological polar surface area (TPSA) is 75.6 Å². The largest absolute Gasteiger partial charge is 0.461 e. The molecule has 2 N–H and O–H groups in total. The predicted octanol–water partition coefficient (Wildman–Crippen LogP) is 0.851. The maximum absolute atomic E-state index is 12.2. The third-order valence-electron chi connectivity index (χ3n) is 6.44. The van der Waals surface area contributed by atoms with Gasteiger partial charge in [0.1, 0.15) is 6.10 Å². The summed E-state index contributed by atoms with van der Waals surface area (Å²) in [6, 6.07) is -0.477. The van der Waals surface area contributed by atoms with E-state index >= 15 is 0 Å². The minimum Gasteiger partial charge on any atom is -0.461 e. The van der Waals surface area contributed by atoms with Crippen molar-refractivity contribution in [2.75, 3.05) is 6.61 Å². The number of carbonyl (C=O) groups is 2. The first kappa shape index (κ1) is 13.9. The second-order valence-electron chi connectivity index (χ2n) is 7.31. The molecule has 3 fully saturated rings. The van der Waals surface area contributed by atoms with E-state index in [9.17, 15) is 9.59 Å². The highest BCUT2D eigenvalue weighted by Crippen LogP contribution is 2.66. The Hall–Kier alpha value is -1.10. The molecule has 5 atom stereocenters. The van der Waals surface area contributed by atoms with Gasteiger partial charge in [-0.1, -0.05) is 20.8 Å². The van der Waals surface area contributed by atoms with Gasteiger partial charge in [-0.2, -0.15) is 0 Å². The summed E-state index contributed by atoms with van der Waals surface area (Å²) in [5.74, 6) is -1.04. The van der Waals surface area contributed by atoms with Crippen LogP contribution in [0.2, 0.25) is 0 Å². The average Bonchev–Trinajstić information content (AvgIpc) is 2.68. The lowest BCUT2D eigenvalue weighted by molar-refractivity contribution is -0.171. The molecule has 0 radical (unpaired) electrons. The van der Waals surface area contributed by atoms with Gasteiger partial charge in [0.05, 0.1) is 12.6 Å². The molecule has 0 aromatic rings. The van der Waals surface area contributed by atoms with Crippen molar-refractivity contribution < 1.29 is 19.4 Å². The van der Waals surface area contributed by atoms with Gasteiger partial charge < -0.3 is 15.2 Å². The van der Waals surface area contributed by atoms with E-state index in [2.05, 4.69) is 26.1 Å². The lowest BCUT2D eigenvalue weighted by atomic mass is 9.70. The summed E-state index contributed by atoms with van der Waals surface area (Å²) < 4.78 is 5.68. The molecule has 112 valence electrons. The maximum Gasteiger partial charge on any atom is 0.321 e. The fraction of sp³-hybridized carbons (Fsp3) is 0.867. The normalized spacial score (nSPS) is 44.9. The van der Waals surface area contributed by atoms with E-state index in [1.165, 1.54) is 6.42 Å². The number of hydrogen-bond donors (Lipinski definition) is 2. The number of nitrogens with one attached hydrogen (secondary N) is 1. The van der Waals surface area contributed by atoms with Crippen molar-refractivity contribution in [2.45, 2.75) is 52.2 Å². The number of fused-ring (bicyclic) bond motifs is 2. The van der Waals surface area contributed by atoms with Crippen molar-refractivity contribution >= 4 is 11.9 Å². The summed E-state index contributed by atoms with van der Waals surface area (Å²) in [6.45, 7) is 6.49. The van der Waals surface area contributed by atoms with E-state index in [1.807, 2.05) is 0 Å². The smallest absolute Gasteiger partial charge is 0.321 e. The van der Waals surface area contributed by atoms with Gasteiger partial charge in [-0.25, -0.2) is 0 Å². The lowest BCUT2D eigenvalue weighted by Crippen LogP contribution is -2.63. The minimum absolute atomic E-state index is 0.00224. The molecule has 1 heterocycles. The molecule has 20 heavy (non-hydrogen) atoms. The van der Waals surface area contributed by atoms with Crippen LogP contribution in [0.4, 0.5) is 0 Å². The molecule has 1 aliphatic heterocycles. The van der Waals surface area contributed by atoms with Gasteiger partial charge in [-0.3, -0.25) is 9.59 Å². The second kappa shape index (κ2) is 4.20. The van der Waals surface area contributed by atoms with Gasteiger partial charge in [0.15, 0.2) is 5.92 Å². The number of esters is 1. The fourth-order valence-corrected chi connectivity index (χ4v) is 4.39. The SMILES string of the molecule is CC1(C)C2CCC1(C)C(OC(=O)C1C(=O)NC1CO)C2. The van der Waals surface area contributed by atoms with Crippen LogP contribution < -0.4 is 5.32 Å². The number of ether oxygens (including phenoxy) is 1. The Morgan fingerprint density at radius 2 is 2.15 bits per heavy atom. The number of carbonyl (C=O) groups excluding carboxylic acids is 2. The third-order valence-corrected chi connectivity index (χ3v) is 6.44. The Morgan fingerprint density at radius 1 is 1.45 bits per heavy atom. The van der Waals surface area contributed by atoms with Crippen molar-refractivity contribution in [1.29, 1.82) is 0 Å². The highest BCUT2D eigenvalue weighted by Gasteiger charge is 2.63. The zero-order valence-corrected chi connectivity index (χ0v) is 12.3. The van der Waals surface area contributed by atoms with Crippen LogP contribution in [0.3, 0.4) is 0 Å². The summed E-state index contributed by atoms with van der Waals surface area (Å²) in [5, 5.41) is 11.6. The van der Waals surface area contributed by atoms with Gasteiger partial charge in [-0.15, -0.1) is 0 Å². The van der Waals surface area contributed by atoms with Crippen molar-refractivity contribution in [3.8, 4) is 0 Å². The van der Waals surface area contributed by atoms with E-state index in [-0.39, 0.29) is 29.4 Å². The molecule has 3 rings (SSSR count). The molecule has 0 aromatic heterocycles. The Morgan fingerprint density at radius 3 is 2.60 bits per heavy atom. The van der Waals surface area contributed by atoms with Gasteiger partial charge >= 0.3 is 5.97 Å². The average molecular weight is 281 g/mol. The number of aliphatic hydroxyl groups is 1. The van der Waals surface area contributed by atoms with Gasteiger partial charge in [0, 0.05) is 5.41 Å². The third kappa shape index (κ3) is 1.59. The standard InChI is InChI=1S/C15H23NO4/c1-14(2)8-4-5-15(14,3)10(6-8)20-13(19)11-9(7-17)16-12(11)18/h8-11,17H,4-7H2,1-3H3,(H,16,18). The van der Waals surface area contributed by atoms with Crippen molar-refractivity contribution in [1.82, 2.24) is 5.32 Å². The van der Waals surface area contributed by atoms with Crippen LogP contribution in [-0.4, -0.2) is 35.7 Å². The molecule has 5 nitrogen and oxygen atoms in total. The summed E-state index contributed by atoms with van der Waals surface area (Å²) in [5.41, 5.74) is 0.179. The molecule has 0 spiro atoms. The monoisotopic (exact) mass is 281 g/mol. The fourth-order valence-electron chi connectivity index (χ4n) is 4.39. The lowest BCUT2D eigenvalue weighted by Gasteiger charge is -2.40. The quantitative estimate of drug-likeness (QED) is 0.457. The molecular formula is C15H23NO4. The predicted molar refractivity (Wildman–Crippen MR) is 71.6 cm³/mol. The van der Waals surface area contributed by atoms with E-state index < -0.39 is 17.9 Å². The minimum atomic E-state index is -0.828. The Balaban J connectivity index is 1.71. The molecule has 0 aromatic carbocycles. The van der Waals surface area contributed by atoms with Crippen molar-refractivity contribution in [3.63, 3.8) is 0 Å². The zero-order valence-electron chi connectivity index (χ0n) is 12.3. The Bertz CT molecular complexity index is 461. The number of hydrogen-bond acceptors (Lipinski definition) is 4. The first-order valence-corrected chi connectivity index (χ1v) is 7.43. The Kier molecular flexibility index (Phi) is 2.91. The van der Waals surface area contributed by atoms with Gasteiger partial charge in [-0.05, 0) is 30.6 Å². The summed E-state index contributed by atoms with van der Waals surface area (Å²) in [7, 11) is 0. The number of β-lactam (4-membered cyclic amide) rings is 1. The van der Waals surface area contributed by atoms with Crippen LogP contribution in [-0.2, 0) is 14.3 Å². The van der Waals surface area contributed by atoms with Crippen LogP contribution in [0.15, 0.2) is 0 Å². The highest BCUT2D eigenvalue weighted by atomic mass is 16.5. The zero-order chi connectivity index (χ0) is 14.7. The number of amides is 1. The van der Waals surface area contributed by atoms with Crippen LogP contribution in [0.1, 0.15) is 40.0 Å². The van der Waals surface area contributed by atoms with Crippen LogP contribution in [0.5, 0.6) is 0 Å². The van der Waals surface area contributed by atoms with E-state index in [1.54, 1.807) is 0 Å². The Labute approximate surface area is 119 Å². The van der Waals surface area contributed by atoms with Crippen LogP contribution >= 0.6 is 0 Å². The number of aliphatic hydroxyl groups excluding tert-OH is 1. The molecule has 2 saturated carbocycles. The molecule has 1 saturated heterocycles. The van der Waals surface area contributed by atoms with Crippen LogP contribution in [0, 0.1) is 22.7 Å². The molecule has 1 amide bonds. The molecule has 2 aliphatic carbocycles. The maximum atomic E-state index is 12.2. The van der Waals surface area contributed by atoms with Crippen molar-refractivity contribution in [3.05, 3.63) is 0 Å². The van der Waals surface area contributed by atoms with Gasteiger partial charge in [0.25, 0.3) is 0 Å². The van der Waals surface area contributed by atoms with Gasteiger partial charge in [0.2, 0.25) is 5.91 Å². The van der Waals surface area contributed by atoms with E-state index in [0.717, 1.165) is 12.8 Å². The van der Waals surface area contributed by atoms with Crippen LogP contribution in [0.25, 0.3) is 0 Å². The van der Waals surface area contributed by atoms with E-state index in [0.29, 0.717) is 5.92 Å². The number of rotatable bonds is 3. The highest BCUT2D eigenvalue weighted by molar-refractivity contribution is 6.03. The summed E-state index contributed by atoms with van der Waals surface area (Å²) in [4.78, 5) is 23.7. The summed E-state index contributed by atoms with van der Waals surface area (Å²) in [6.07, 6.45) is 3.06. The first-order valence-electron chi connectivity index (χ1n) is 7.43. The first-order chi connectivity index (χ1) is 9.31. The molecule has 3 aliphatic rings. The molecule has 5 heteroatoms. The summed E-state index contributed by atoms with van der Waals surface area (Å²) >= 11 is 0. The van der Waals surface area contributed by atoms with Crippen molar-refractivity contribution in [2.24, 2.45) is 22.7 Å². The van der Waals surface area contributed by atoms with E-state index in [4.69, 9.17) is 9.84 Å². The molecule has 5 unspecified atom stereocenters. The molecule has 2 bridgehead atoms. The second-order valence-corrected chi connectivity index (χ2v) is 7.31. The molecular weight excluding hydrogens is 258 g/mol.